The quantitative estimate of drug-likeness (QED) is 0.742. The number of carboxylic acids is 1. The summed E-state index contributed by atoms with van der Waals surface area (Å²) in [6, 6.07) is 8.30. The van der Waals surface area contributed by atoms with Gasteiger partial charge in [0.05, 0.1) is 11.7 Å². The van der Waals surface area contributed by atoms with E-state index in [-0.39, 0.29) is 17.2 Å². The normalized spacial score (nSPS) is 21.2. The van der Waals surface area contributed by atoms with E-state index in [1.807, 2.05) is 27.7 Å². The number of aliphatic hydroxyl groups is 1. The van der Waals surface area contributed by atoms with Gasteiger partial charge in [0.2, 0.25) is 0 Å². The van der Waals surface area contributed by atoms with E-state index in [1.54, 1.807) is 30.3 Å². The van der Waals surface area contributed by atoms with Gasteiger partial charge in [-0.25, -0.2) is 4.79 Å². The highest BCUT2D eigenvalue weighted by Crippen LogP contribution is 2.36. The van der Waals surface area contributed by atoms with Crippen molar-refractivity contribution >= 4 is 5.97 Å². The molecule has 21 heavy (non-hydrogen) atoms. The van der Waals surface area contributed by atoms with E-state index in [2.05, 4.69) is 0 Å². The summed E-state index contributed by atoms with van der Waals surface area (Å²) in [5.74, 6) is -0.879. The summed E-state index contributed by atoms with van der Waals surface area (Å²) in [5, 5.41) is 29.1. The second-order valence-electron chi connectivity index (χ2n) is 6.67. The number of benzene rings is 1. The van der Waals surface area contributed by atoms with E-state index in [9.17, 15) is 15.1 Å². The fourth-order valence-electron chi connectivity index (χ4n) is 2.80. The van der Waals surface area contributed by atoms with Gasteiger partial charge in [-0.3, -0.25) is 0 Å². The van der Waals surface area contributed by atoms with Crippen LogP contribution in [0.4, 0.5) is 0 Å². The first-order valence-corrected chi connectivity index (χ1v) is 7.02. The molecule has 5 nitrogen and oxygen atoms in total. The third kappa shape index (κ3) is 4.81. The number of carboxylic acid groups (broad SMARTS) is 1. The van der Waals surface area contributed by atoms with Gasteiger partial charge in [-0.1, -0.05) is 18.2 Å². The Morgan fingerprint density at radius 2 is 1.52 bits per heavy atom. The maximum absolute atomic E-state index is 10.2. The molecule has 0 saturated carbocycles. The highest BCUT2D eigenvalue weighted by molar-refractivity contribution is 5.87. The van der Waals surface area contributed by atoms with Crippen molar-refractivity contribution in [2.75, 3.05) is 0 Å². The molecule has 2 rings (SSSR count). The third-order valence-electron chi connectivity index (χ3n) is 3.64. The Labute approximate surface area is 125 Å². The van der Waals surface area contributed by atoms with Crippen LogP contribution in [0, 0.1) is 0 Å². The summed E-state index contributed by atoms with van der Waals surface area (Å²) in [6.45, 7) is 7.77. The van der Waals surface area contributed by atoms with Crippen LogP contribution in [0.25, 0.3) is 0 Å². The Balaban J connectivity index is 0.000000219. The summed E-state index contributed by atoms with van der Waals surface area (Å²) in [4.78, 5) is 10.2. The summed E-state index contributed by atoms with van der Waals surface area (Å²) >= 11 is 0. The zero-order valence-corrected chi connectivity index (χ0v) is 13.1. The molecule has 118 valence electrons. The number of carbonyl (C=O) groups is 1. The molecule has 0 amide bonds. The van der Waals surface area contributed by atoms with Crippen LogP contribution in [0.5, 0.6) is 0 Å². The summed E-state index contributed by atoms with van der Waals surface area (Å²) in [6.07, 6.45) is 0.971. The fourth-order valence-corrected chi connectivity index (χ4v) is 2.80. The van der Waals surface area contributed by atoms with Crippen LogP contribution in [0.15, 0.2) is 30.3 Å². The van der Waals surface area contributed by atoms with Gasteiger partial charge in [-0.05, 0) is 52.7 Å². The number of aromatic carboxylic acids is 1. The number of nitrogens with zero attached hydrogens (tertiary/aromatic N) is 1. The molecule has 1 heterocycles. The molecule has 0 aliphatic carbocycles. The van der Waals surface area contributed by atoms with Gasteiger partial charge in [0.15, 0.2) is 0 Å². The van der Waals surface area contributed by atoms with Crippen molar-refractivity contribution in [2.24, 2.45) is 0 Å². The number of piperidine rings is 1. The van der Waals surface area contributed by atoms with Crippen LogP contribution in [0.1, 0.15) is 50.9 Å². The van der Waals surface area contributed by atoms with Crippen molar-refractivity contribution < 1.29 is 20.2 Å². The standard InChI is InChI=1S/C9H19NO2.C7H6O2/c1-8(2)5-7(11)6-9(3,4)10(8)12;8-7(9)6-4-2-1-3-5-6/h7,11-12H,5-6H2,1-4H3;1-5H,(H,8,9). The molecule has 0 spiro atoms. The Hall–Kier alpha value is -1.43. The highest BCUT2D eigenvalue weighted by Gasteiger charge is 2.44. The molecule has 1 aliphatic heterocycles. The first kappa shape index (κ1) is 17.6. The number of hydrogen-bond donors (Lipinski definition) is 3. The van der Waals surface area contributed by atoms with E-state index in [4.69, 9.17) is 5.11 Å². The van der Waals surface area contributed by atoms with Crippen LogP contribution in [0.3, 0.4) is 0 Å². The van der Waals surface area contributed by atoms with Crippen LogP contribution in [-0.2, 0) is 0 Å². The molecule has 1 aromatic rings. The lowest BCUT2D eigenvalue weighted by atomic mass is 9.80. The molecule has 1 saturated heterocycles. The maximum atomic E-state index is 10.2. The summed E-state index contributed by atoms with van der Waals surface area (Å²) in [5.41, 5.74) is -0.306. The van der Waals surface area contributed by atoms with E-state index >= 15 is 0 Å². The zero-order chi connectivity index (χ0) is 16.3. The van der Waals surface area contributed by atoms with Crippen LogP contribution >= 0.6 is 0 Å². The number of rotatable bonds is 1. The van der Waals surface area contributed by atoms with Crippen molar-refractivity contribution in [1.82, 2.24) is 5.06 Å². The predicted molar refractivity (Wildman–Crippen MR) is 80.4 cm³/mol. The van der Waals surface area contributed by atoms with Crippen LogP contribution in [-0.4, -0.2) is 43.6 Å². The van der Waals surface area contributed by atoms with Gasteiger partial charge in [0, 0.05) is 11.1 Å². The fraction of sp³-hybridized carbons (Fsp3) is 0.562. The summed E-state index contributed by atoms with van der Waals surface area (Å²) < 4.78 is 0. The molecule has 0 bridgehead atoms. The van der Waals surface area contributed by atoms with Crippen molar-refractivity contribution in [1.29, 1.82) is 0 Å². The monoisotopic (exact) mass is 295 g/mol. The lowest BCUT2D eigenvalue weighted by Gasteiger charge is -2.50. The average Bonchev–Trinajstić information content (AvgIpc) is 2.36. The Kier molecular flexibility index (Phi) is 5.50. The van der Waals surface area contributed by atoms with E-state index in [0.717, 1.165) is 0 Å². The number of hydrogen-bond acceptors (Lipinski definition) is 4. The first-order chi connectivity index (χ1) is 9.56. The van der Waals surface area contributed by atoms with E-state index < -0.39 is 5.97 Å². The van der Waals surface area contributed by atoms with Gasteiger partial charge in [-0.15, -0.1) is 0 Å². The lowest BCUT2D eigenvalue weighted by Crippen LogP contribution is -2.60. The molecule has 0 unspecified atom stereocenters. The summed E-state index contributed by atoms with van der Waals surface area (Å²) in [7, 11) is 0. The predicted octanol–water partition coefficient (Wildman–Crippen LogP) is 2.77. The van der Waals surface area contributed by atoms with Gasteiger partial charge in [0.1, 0.15) is 0 Å². The van der Waals surface area contributed by atoms with E-state index in [0.29, 0.717) is 18.4 Å². The average molecular weight is 295 g/mol. The number of aliphatic hydroxyl groups excluding tert-OH is 1. The van der Waals surface area contributed by atoms with Gasteiger partial charge in [0.25, 0.3) is 0 Å². The molecule has 3 N–H and O–H groups in total. The minimum Gasteiger partial charge on any atom is -0.478 e. The van der Waals surface area contributed by atoms with E-state index in [1.165, 1.54) is 5.06 Å². The lowest BCUT2D eigenvalue weighted by molar-refractivity contribution is -0.257. The molecule has 1 aromatic carbocycles. The van der Waals surface area contributed by atoms with Crippen LogP contribution < -0.4 is 0 Å². The van der Waals surface area contributed by atoms with Gasteiger partial charge in [-0.2, -0.15) is 5.06 Å². The second-order valence-corrected chi connectivity index (χ2v) is 6.67. The Bertz CT molecular complexity index is 452. The first-order valence-electron chi connectivity index (χ1n) is 7.02. The maximum Gasteiger partial charge on any atom is 0.335 e. The van der Waals surface area contributed by atoms with Crippen molar-refractivity contribution in [2.45, 2.75) is 57.7 Å². The molecule has 0 radical (unpaired) electrons. The smallest absolute Gasteiger partial charge is 0.335 e. The van der Waals surface area contributed by atoms with Gasteiger partial charge >= 0.3 is 5.97 Å². The molecular formula is C16H25NO4. The minimum absolute atomic E-state index is 0.293. The highest BCUT2D eigenvalue weighted by atomic mass is 16.5. The SMILES string of the molecule is CC1(C)CC(O)CC(C)(C)N1O.O=C(O)c1ccccc1. The van der Waals surface area contributed by atoms with Crippen molar-refractivity contribution in [3.05, 3.63) is 35.9 Å². The zero-order valence-electron chi connectivity index (χ0n) is 13.1. The van der Waals surface area contributed by atoms with Crippen LogP contribution in [0.2, 0.25) is 0 Å². The Morgan fingerprint density at radius 3 is 1.86 bits per heavy atom. The molecule has 1 fully saturated rings. The molecular weight excluding hydrogens is 270 g/mol. The molecule has 1 aliphatic rings. The Morgan fingerprint density at radius 1 is 1.10 bits per heavy atom. The third-order valence-corrected chi connectivity index (χ3v) is 3.64. The van der Waals surface area contributed by atoms with Crippen molar-refractivity contribution in [3.8, 4) is 0 Å². The molecule has 5 heteroatoms. The minimum atomic E-state index is -0.879. The largest absolute Gasteiger partial charge is 0.478 e. The molecule has 0 aromatic heterocycles. The van der Waals surface area contributed by atoms with Crippen molar-refractivity contribution in [3.63, 3.8) is 0 Å². The molecule has 0 atom stereocenters. The van der Waals surface area contributed by atoms with Gasteiger partial charge < -0.3 is 15.4 Å². The number of hydroxylamine groups is 2. The second kappa shape index (κ2) is 6.56. The topological polar surface area (TPSA) is 81.0 Å².